The number of methoxy groups -OCH3 is 2. The molecule has 0 aliphatic rings. The molecule has 0 aliphatic heterocycles. The number of aryl methyl sites for hydroxylation is 1. The average molecular weight is 465 g/mol. The van der Waals surface area contributed by atoms with E-state index in [2.05, 4.69) is 26.6 Å². The Labute approximate surface area is 176 Å². The van der Waals surface area contributed by atoms with Crippen molar-refractivity contribution in [2.45, 2.75) is 6.92 Å². The molecule has 2 N–H and O–H groups in total. The zero-order chi connectivity index (χ0) is 21.4. The molecule has 0 saturated heterocycles. The highest BCUT2D eigenvalue weighted by Crippen LogP contribution is 2.22. The highest BCUT2D eigenvalue weighted by Gasteiger charge is 2.13. The minimum Gasteiger partial charge on any atom is -0.497 e. The fourth-order valence-electron chi connectivity index (χ4n) is 2.31. The van der Waals surface area contributed by atoms with Gasteiger partial charge in [-0.15, -0.1) is 0 Å². The lowest BCUT2D eigenvalue weighted by molar-refractivity contribution is -0.146. The molecular formula is C20H21BrN2O6. The van der Waals surface area contributed by atoms with Crippen LogP contribution in [0.5, 0.6) is 11.5 Å². The van der Waals surface area contributed by atoms with Crippen molar-refractivity contribution in [2.24, 2.45) is 0 Å². The maximum Gasteiger partial charge on any atom is 0.325 e. The summed E-state index contributed by atoms with van der Waals surface area (Å²) >= 11 is 3.38. The van der Waals surface area contributed by atoms with E-state index in [1.807, 2.05) is 6.92 Å². The van der Waals surface area contributed by atoms with Gasteiger partial charge in [-0.3, -0.25) is 14.4 Å². The summed E-state index contributed by atoms with van der Waals surface area (Å²) in [5.74, 6) is -0.845. The van der Waals surface area contributed by atoms with E-state index in [1.54, 1.807) is 24.3 Å². The second kappa shape index (κ2) is 10.5. The van der Waals surface area contributed by atoms with Crippen LogP contribution < -0.4 is 20.1 Å². The topological polar surface area (TPSA) is 103 Å². The van der Waals surface area contributed by atoms with Gasteiger partial charge in [-0.1, -0.05) is 15.9 Å². The predicted octanol–water partition coefficient (Wildman–Crippen LogP) is 2.69. The second-order valence-electron chi connectivity index (χ2n) is 5.96. The Morgan fingerprint density at radius 1 is 1.00 bits per heavy atom. The number of carbonyl (C=O) groups is 3. The van der Waals surface area contributed by atoms with E-state index >= 15 is 0 Å². The molecule has 0 aliphatic carbocycles. The van der Waals surface area contributed by atoms with Gasteiger partial charge in [-0.2, -0.15) is 0 Å². The van der Waals surface area contributed by atoms with Crippen LogP contribution in [0.3, 0.4) is 0 Å². The normalized spacial score (nSPS) is 10.1. The van der Waals surface area contributed by atoms with Crippen molar-refractivity contribution < 1.29 is 28.6 Å². The van der Waals surface area contributed by atoms with Crippen LogP contribution >= 0.6 is 15.9 Å². The number of rotatable bonds is 8. The number of amides is 2. The molecule has 0 atom stereocenters. The maximum absolute atomic E-state index is 12.2. The van der Waals surface area contributed by atoms with Crippen LogP contribution in [0.4, 0.5) is 5.69 Å². The largest absolute Gasteiger partial charge is 0.497 e. The van der Waals surface area contributed by atoms with Crippen molar-refractivity contribution in [3.63, 3.8) is 0 Å². The summed E-state index contributed by atoms with van der Waals surface area (Å²) in [4.78, 5) is 35.9. The predicted molar refractivity (Wildman–Crippen MR) is 110 cm³/mol. The molecule has 0 saturated carbocycles. The lowest BCUT2D eigenvalue weighted by Crippen LogP contribution is -2.32. The van der Waals surface area contributed by atoms with Crippen LogP contribution in [0.1, 0.15) is 15.9 Å². The number of ether oxygens (including phenoxy) is 3. The Morgan fingerprint density at radius 3 is 2.24 bits per heavy atom. The van der Waals surface area contributed by atoms with Gasteiger partial charge in [-0.05, 0) is 42.8 Å². The van der Waals surface area contributed by atoms with Gasteiger partial charge in [-0.25, -0.2) is 0 Å². The fourth-order valence-corrected chi connectivity index (χ4v) is 2.56. The van der Waals surface area contributed by atoms with Crippen molar-refractivity contribution in [1.82, 2.24) is 5.32 Å². The first-order valence-corrected chi connectivity index (χ1v) is 9.34. The summed E-state index contributed by atoms with van der Waals surface area (Å²) < 4.78 is 16.0. The van der Waals surface area contributed by atoms with Gasteiger partial charge in [0.25, 0.3) is 11.8 Å². The van der Waals surface area contributed by atoms with Crippen LogP contribution in [-0.4, -0.2) is 45.2 Å². The van der Waals surface area contributed by atoms with Crippen molar-refractivity contribution in [3.05, 3.63) is 52.0 Å². The maximum atomic E-state index is 12.2. The van der Waals surface area contributed by atoms with Crippen molar-refractivity contribution in [2.75, 3.05) is 32.7 Å². The molecule has 9 heteroatoms. The Balaban J connectivity index is 1.81. The molecule has 2 aromatic rings. The third kappa shape index (κ3) is 6.79. The highest BCUT2D eigenvalue weighted by atomic mass is 79.9. The van der Waals surface area contributed by atoms with Crippen LogP contribution in [0, 0.1) is 6.92 Å². The van der Waals surface area contributed by atoms with E-state index in [4.69, 9.17) is 14.2 Å². The van der Waals surface area contributed by atoms with E-state index in [9.17, 15) is 14.4 Å². The number of halogens is 1. The van der Waals surface area contributed by atoms with Gasteiger partial charge in [0.15, 0.2) is 6.61 Å². The average Bonchev–Trinajstić information content (AvgIpc) is 2.72. The van der Waals surface area contributed by atoms with Crippen molar-refractivity contribution >= 4 is 39.4 Å². The minimum atomic E-state index is -0.740. The van der Waals surface area contributed by atoms with Crippen LogP contribution in [-0.2, 0) is 14.3 Å². The van der Waals surface area contributed by atoms with E-state index in [0.717, 1.165) is 10.0 Å². The molecule has 0 bridgehead atoms. The van der Waals surface area contributed by atoms with Gasteiger partial charge in [0.1, 0.15) is 18.0 Å². The molecule has 29 heavy (non-hydrogen) atoms. The summed E-state index contributed by atoms with van der Waals surface area (Å²) in [5, 5.41) is 5.06. The van der Waals surface area contributed by atoms with E-state index in [0.29, 0.717) is 17.2 Å². The standard InChI is InChI=1S/C20H21BrN2O6/c1-12-6-14(4-5-17(12)21)23-18(24)11-29-19(25)10-22-20(26)13-7-15(27-2)9-16(8-13)28-3/h4-9H,10-11H2,1-3H3,(H,22,26)(H,23,24). The quantitative estimate of drug-likeness (QED) is 0.582. The summed E-state index contributed by atoms with van der Waals surface area (Å²) in [7, 11) is 2.93. The van der Waals surface area contributed by atoms with Gasteiger partial charge >= 0.3 is 5.97 Å². The molecule has 0 heterocycles. The Kier molecular flexibility index (Phi) is 8.02. The van der Waals surface area contributed by atoms with Gasteiger partial charge < -0.3 is 24.8 Å². The summed E-state index contributed by atoms with van der Waals surface area (Å²) in [6, 6.07) is 9.95. The van der Waals surface area contributed by atoms with E-state index < -0.39 is 24.4 Å². The summed E-state index contributed by atoms with van der Waals surface area (Å²) in [5.41, 5.74) is 1.81. The Hall–Kier alpha value is -3.07. The number of esters is 1. The van der Waals surface area contributed by atoms with E-state index in [-0.39, 0.29) is 12.1 Å². The lowest BCUT2D eigenvalue weighted by Gasteiger charge is -2.10. The number of anilines is 1. The molecule has 0 spiro atoms. The number of hydrogen-bond acceptors (Lipinski definition) is 6. The first kappa shape index (κ1) is 22.2. The zero-order valence-electron chi connectivity index (χ0n) is 16.2. The molecule has 154 valence electrons. The number of nitrogens with one attached hydrogen (secondary N) is 2. The minimum absolute atomic E-state index is 0.261. The summed E-state index contributed by atoms with van der Waals surface area (Å²) in [6.07, 6.45) is 0. The molecular weight excluding hydrogens is 444 g/mol. The molecule has 2 aromatic carbocycles. The third-order valence-electron chi connectivity index (χ3n) is 3.81. The van der Waals surface area contributed by atoms with Crippen LogP contribution in [0.15, 0.2) is 40.9 Å². The molecule has 0 unspecified atom stereocenters. The Bertz CT molecular complexity index is 894. The highest BCUT2D eigenvalue weighted by molar-refractivity contribution is 9.10. The third-order valence-corrected chi connectivity index (χ3v) is 4.70. The Morgan fingerprint density at radius 2 is 1.66 bits per heavy atom. The van der Waals surface area contributed by atoms with Crippen molar-refractivity contribution in [1.29, 1.82) is 0 Å². The number of hydrogen-bond donors (Lipinski definition) is 2. The molecule has 0 fully saturated rings. The summed E-state index contributed by atoms with van der Waals surface area (Å²) in [6.45, 7) is 1.04. The lowest BCUT2D eigenvalue weighted by atomic mass is 10.2. The van der Waals surface area contributed by atoms with Crippen LogP contribution in [0.25, 0.3) is 0 Å². The van der Waals surface area contributed by atoms with Gasteiger partial charge in [0.2, 0.25) is 0 Å². The molecule has 0 radical (unpaired) electrons. The SMILES string of the molecule is COc1cc(OC)cc(C(=O)NCC(=O)OCC(=O)Nc2ccc(Br)c(C)c2)c1. The monoisotopic (exact) mass is 464 g/mol. The van der Waals surface area contributed by atoms with Crippen LogP contribution in [0.2, 0.25) is 0 Å². The molecule has 8 nitrogen and oxygen atoms in total. The fraction of sp³-hybridized carbons (Fsp3) is 0.250. The van der Waals surface area contributed by atoms with Gasteiger partial charge in [0, 0.05) is 21.8 Å². The molecule has 2 rings (SSSR count). The smallest absolute Gasteiger partial charge is 0.325 e. The molecule has 0 aromatic heterocycles. The first-order chi connectivity index (χ1) is 13.8. The van der Waals surface area contributed by atoms with E-state index in [1.165, 1.54) is 26.4 Å². The first-order valence-electron chi connectivity index (χ1n) is 8.55. The zero-order valence-corrected chi connectivity index (χ0v) is 17.8. The molecule has 2 amide bonds. The van der Waals surface area contributed by atoms with Gasteiger partial charge in [0.05, 0.1) is 14.2 Å². The number of benzene rings is 2. The van der Waals surface area contributed by atoms with Crippen molar-refractivity contribution in [3.8, 4) is 11.5 Å². The second-order valence-corrected chi connectivity index (χ2v) is 6.81. The number of carbonyl (C=O) groups excluding carboxylic acids is 3.